The summed E-state index contributed by atoms with van der Waals surface area (Å²) >= 11 is 0. The molecule has 128 valence electrons. The second-order valence-corrected chi connectivity index (χ2v) is 7.69. The Balaban J connectivity index is 1.92. The minimum Gasteiger partial charge on any atom is -0.338 e. The fourth-order valence-corrected chi connectivity index (χ4v) is 4.11. The zero-order valence-corrected chi connectivity index (χ0v) is 14.3. The molecule has 3 heterocycles. The van der Waals surface area contributed by atoms with Crippen LogP contribution in [0, 0.1) is 6.92 Å². The van der Waals surface area contributed by atoms with Gasteiger partial charge < -0.3 is 9.42 Å². The lowest BCUT2D eigenvalue weighted by atomic mass is 10.2. The molecule has 1 aliphatic rings. The molecule has 24 heavy (non-hydrogen) atoms. The summed E-state index contributed by atoms with van der Waals surface area (Å²) in [4.78, 5) is 18.0. The van der Waals surface area contributed by atoms with E-state index < -0.39 is 16.1 Å². The first kappa shape index (κ1) is 16.6. The van der Waals surface area contributed by atoms with Gasteiger partial charge in [0.1, 0.15) is 10.9 Å². The quantitative estimate of drug-likeness (QED) is 0.745. The van der Waals surface area contributed by atoms with Gasteiger partial charge in [0.25, 0.3) is 5.71 Å². The first-order valence-electron chi connectivity index (χ1n) is 7.46. The van der Waals surface area contributed by atoms with Crippen LogP contribution in [-0.2, 0) is 14.8 Å². The highest BCUT2D eigenvalue weighted by atomic mass is 32.2. The van der Waals surface area contributed by atoms with E-state index >= 15 is 0 Å². The van der Waals surface area contributed by atoms with Crippen molar-refractivity contribution >= 4 is 27.0 Å². The number of amides is 1. The largest absolute Gasteiger partial charge is 0.338 e. The van der Waals surface area contributed by atoms with Crippen molar-refractivity contribution in [1.82, 2.24) is 19.3 Å². The molecule has 2 aromatic heterocycles. The number of carbonyl (C=O) groups excluding carboxylic acids is 1. The number of hydrogen-bond donors (Lipinski definition) is 0. The summed E-state index contributed by atoms with van der Waals surface area (Å²) in [6, 6.07) is 0.759. The number of pyridine rings is 1. The van der Waals surface area contributed by atoms with Crippen LogP contribution in [0.3, 0.4) is 0 Å². The third-order valence-corrected chi connectivity index (χ3v) is 6.05. The number of rotatable bonds is 5. The van der Waals surface area contributed by atoms with Crippen LogP contribution in [0.5, 0.6) is 0 Å². The lowest BCUT2D eigenvalue weighted by Crippen LogP contribution is -2.42. The molecule has 1 fully saturated rings. The Morgan fingerprint density at radius 1 is 1.54 bits per heavy atom. The molecule has 0 aromatic carbocycles. The second-order valence-electron chi connectivity index (χ2n) is 5.69. The van der Waals surface area contributed by atoms with Gasteiger partial charge in [-0.15, -0.1) is 6.58 Å². The van der Waals surface area contributed by atoms with Crippen LogP contribution in [0.2, 0.25) is 0 Å². The molecule has 2 aromatic rings. The van der Waals surface area contributed by atoms with Gasteiger partial charge in [0, 0.05) is 20.1 Å². The normalized spacial score (nSPS) is 18.7. The maximum atomic E-state index is 12.9. The SMILES string of the molecule is C=CCN1CCC(N(C)S(=O)(=O)c2cnc3onc(C)c3c2)C1=O. The summed E-state index contributed by atoms with van der Waals surface area (Å²) in [6.07, 6.45) is 3.30. The van der Waals surface area contributed by atoms with Crippen molar-refractivity contribution in [3.05, 3.63) is 30.6 Å². The number of aryl methyl sites for hydroxylation is 1. The van der Waals surface area contributed by atoms with Crippen LogP contribution in [0.15, 0.2) is 34.3 Å². The van der Waals surface area contributed by atoms with Gasteiger partial charge in [-0.1, -0.05) is 11.2 Å². The monoisotopic (exact) mass is 350 g/mol. The van der Waals surface area contributed by atoms with Crippen molar-refractivity contribution in [2.75, 3.05) is 20.1 Å². The third kappa shape index (κ3) is 2.59. The summed E-state index contributed by atoms with van der Waals surface area (Å²) < 4.78 is 31.8. The van der Waals surface area contributed by atoms with Crippen molar-refractivity contribution in [2.24, 2.45) is 0 Å². The first-order valence-corrected chi connectivity index (χ1v) is 8.90. The van der Waals surface area contributed by atoms with Crippen LogP contribution in [0.25, 0.3) is 11.1 Å². The van der Waals surface area contributed by atoms with Gasteiger partial charge in [-0.2, -0.15) is 4.31 Å². The Labute approximate surface area is 139 Å². The highest BCUT2D eigenvalue weighted by Crippen LogP contribution is 2.25. The minimum atomic E-state index is -3.85. The number of likely N-dealkylation sites (tertiary alicyclic amines) is 1. The topological polar surface area (TPSA) is 96.6 Å². The van der Waals surface area contributed by atoms with E-state index in [9.17, 15) is 13.2 Å². The summed E-state index contributed by atoms with van der Waals surface area (Å²) in [7, 11) is -2.44. The number of fused-ring (bicyclic) bond motifs is 1. The summed E-state index contributed by atoms with van der Waals surface area (Å²) in [5.41, 5.74) is 0.842. The van der Waals surface area contributed by atoms with Crippen LogP contribution < -0.4 is 0 Å². The highest BCUT2D eigenvalue weighted by Gasteiger charge is 2.39. The molecule has 1 unspecified atom stereocenters. The number of nitrogens with zero attached hydrogens (tertiary/aromatic N) is 4. The molecule has 0 saturated carbocycles. The molecule has 1 aliphatic heterocycles. The lowest BCUT2D eigenvalue weighted by molar-refractivity contribution is -0.130. The number of aromatic nitrogens is 2. The van der Waals surface area contributed by atoms with E-state index in [1.165, 1.54) is 19.3 Å². The molecule has 3 rings (SSSR count). The number of likely N-dealkylation sites (N-methyl/N-ethyl adjacent to an activating group) is 1. The zero-order valence-electron chi connectivity index (χ0n) is 13.5. The molecule has 0 spiro atoms. The van der Waals surface area contributed by atoms with E-state index in [4.69, 9.17) is 4.52 Å². The molecule has 0 radical (unpaired) electrons. The summed E-state index contributed by atoms with van der Waals surface area (Å²) in [5.74, 6) is -0.212. The Morgan fingerprint density at radius 3 is 3.00 bits per heavy atom. The van der Waals surface area contributed by atoms with Gasteiger partial charge >= 0.3 is 0 Å². The molecule has 9 heteroatoms. The van der Waals surface area contributed by atoms with Gasteiger partial charge in [0.2, 0.25) is 15.9 Å². The molecular weight excluding hydrogens is 332 g/mol. The van der Waals surface area contributed by atoms with Gasteiger partial charge in [-0.25, -0.2) is 13.4 Å². The standard InChI is InChI=1S/C15H18N4O4S/c1-4-6-19-7-5-13(15(19)20)18(3)24(21,22)11-8-12-10(2)17-23-14(12)16-9-11/h4,8-9,13H,1,5-7H2,2-3H3. The predicted molar refractivity (Wildman–Crippen MR) is 86.7 cm³/mol. The number of carbonyl (C=O) groups is 1. The van der Waals surface area contributed by atoms with Crippen molar-refractivity contribution in [3.8, 4) is 0 Å². The zero-order chi connectivity index (χ0) is 17.5. The molecule has 1 atom stereocenters. The fourth-order valence-electron chi connectivity index (χ4n) is 2.80. The number of hydrogen-bond acceptors (Lipinski definition) is 6. The van der Waals surface area contributed by atoms with Crippen molar-refractivity contribution in [2.45, 2.75) is 24.3 Å². The van der Waals surface area contributed by atoms with Gasteiger partial charge in [0.15, 0.2) is 0 Å². The fraction of sp³-hybridized carbons (Fsp3) is 0.400. The van der Waals surface area contributed by atoms with E-state index in [1.54, 1.807) is 17.9 Å². The van der Waals surface area contributed by atoms with Crippen LogP contribution in [0.1, 0.15) is 12.1 Å². The molecule has 0 aliphatic carbocycles. The van der Waals surface area contributed by atoms with Crippen molar-refractivity contribution in [3.63, 3.8) is 0 Å². The van der Waals surface area contributed by atoms with E-state index in [0.717, 1.165) is 4.31 Å². The van der Waals surface area contributed by atoms with Gasteiger partial charge in [-0.3, -0.25) is 4.79 Å². The van der Waals surface area contributed by atoms with Gasteiger partial charge in [0.05, 0.1) is 17.3 Å². The van der Waals surface area contributed by atoms with Crippen molar-refractivity contribution in [1.29, 1.82) is 0 Å². The second kappa shape index (κ2) is 5.99. The molecule has 1 saturated heterocycles. The number of sulfonamides is 1. The minimum absolute atomic E-state index is 0.0128. The molecular formula is C15H18N4O4S. The summed E-state index contributed by atoms with van der Waals surface area (Å²) in [6.45, 7) is 6.24. The Kier molecular flexibility index (Phi) is 4.14. The molecule has 0 N–H and O–H groups in total. The van der Waals surface area contributed by atoms with E-state index in [1.807, 2.05) is 0 Å². The Hall–Kier alpha value is -2.26. The highest BCUT2D eigenvalue weighted by molar-refractivity contribution is 7.89. The average molecular weight is 350 g/mol. The van der Waals surface area contributed by atoms with Crippen LogP contribution in [-0.4, -0.2) is 59.8 Å². The van der Waals surface area contributed by atoms with Crippen LogP contribution >= 0.6 is 0 Å². The third-order valence-electron chi connectivity index (χ3n) is 4.22. The molecule has 8 nitrogen and oxygen atoms in total. The smallest absolute Gasteiger partial charge is 0.257 e. The van der Waals surface area contributed by atoms with E-state index in [-0.39, 0.29) is 16.5 Å². The average Bonchev–Trinajstić information content (AvgIpc) is 3.11. The van der Waals surface area contributed by atoms with Crippen molar-refractivity contribution < 1.29 is 17.7 Å². The predicted octanol–water partition coefficient (Wildman–Crippen LogP) is 0.939. The Bertz CT molecular complexity index is 905. The molecule has 0 bridgehead atoms. The van der Waals surface area contributed by atoms with Gasteiger partial charge in [-0.05, 0) is 19.4 Å². The maximum Gasteiger partial charge on any atom is 0.257 e. The lowest BCUT2D eigenvalue weighted by Gasteiger charge is -2.23. The molecule has 1 amide bonds. The first-order chi connectivity index (χ1) is 11.4. The Morgan fingerprint density at radius 2 is 2.29 bits per heavy atom. The maximum absolute atomic E-state index is 12.9. The van der Waals surface area contributed by atoms with E-state index in [0.29, 0.717) is 30.6 Å². The summed E-state index contributed by atoms with van der Waals surface area (Å²) in [5, 5.41) is 4.31. The van der Waals surface area contributed by atoms with Crippen LogP contribution in [0.4, 0.5) is 0 Å². The van der Waals surface area contributed by atoms with E-state index in [2.05, 4.69) is 16.7 Å².